The Morgan fingerprint density at radius 2 is 2.00 bits per heavy atom. The number of nitriles is 1. The quantitative estimate of drug-likeness (QED) is 0.371. The van der Waals surface area contributed by atoms with Crippen LogP contribution in [0.1, 0.15) is 50.8 Å². The van der Waals surface area contributed by atoms with E-state index in [9.17, 15) is 10.1 Å². The maximum atomic E-state index is 13.6. The average Bonchev–Trinajstić information content (AvgIpc) is 3.15. The molecule has 5 heteroatoms. The summed E-state index contributed by atoms with van der Waals surface area (Å²) in [6, 6.07) is 18.2. The summed E-state index contributed by atoms with van der Waals surface area (Å²) in [5, 5.41) is 14.4. The van der Waals surface area contributed by atoms with Gasteiger partial charge in [-0.05, 0) is 68.4 Å². The van der Waals surface area contributed by atoms with E-state index >= 15 is 0 Å². The van der Waals surface area contributed by atoms with Gasteiger partial charge in [0.2, 0.25) is 0 Å². The summed E-state index contributed by atoms with van der Waals surface area (Å²) in [5.41, 5.74) is 7.15. The molecule has 1 aliphatic rings. The molecule has 2 aromatic carbocycles. The second-order valence-corrected chi connectivity index (χ2v) is 10.1. The van der Waals surface area contributed by atoms with Crippen molar-refractivity contribution in [1.29, 1.82) is 5.26 Å². The Balaban J connectivity index is 1.60. The molecular weight excluding hydrogens is 426 g/mol. The number of aromatic nitrogens is 1. The Labute approximate surface area is 197 Å². The number of aryl methyl sites for hydroxylation is 2. The smallest absolute Gasteiger partial charge is 0.257 e. The van der Waals surface area contributed by atoms with E-state index < -0.39 is 0 Å². The lowest BCUT2D eigenvalue weighted by Crippen LogP contribution is -2.13. The Morgan fingerprint density at radius 3 is 2.82 bits per heavy atom. The summed E-state index contributed by atoms with van der Waals surface area (Å²) in [6.07, 6.45) is 2.96. The van der Waals surface area contributed by atoms with Gasteiger partial charge in [0.05, 0.1) is 22.3 Å². The normalized spacial score (nSPS) is 15.2. The van der Waals surface area contributed by atoms with E-state index in [1.165, 1.54) is 4.88 Å². The molecule has 0 saturated heterocycles. The SMILES string of the molecule is Cc1ccc(C)c(-c2cc(C(=O)Nc3sc4c(c3C#N)CC[C@@H](C)C4)c3ccccc3n2)c1. The van der Waals surface area contributed by atoms with Crippen LogP contribution < -0.4 is 5.32 Å². The lowest BCUT2D eigenvalue weighted by molar-refractivity contribution is 0.102. The first-order chi connectivity index (χ1) is 15.9. The van der Waals surface area contributed by atoms with Crippen molar-refractivity contribution in [3.63, 3.8) is 0 Å². The van der Waals surface area contributed by atoms with Gasteiger partial charge in [-0.15, -0.1) is 11.3 Å². The van der Waals surface area contributed by atoms with Crippen LogP contribution in [0.25, 0.3) is 22.2 Å². The molecule has 1 N–H and O–H groups in total. The van der Waals surface area contributed by atoms with E-state index in [-0.39, 0.29) is 5.91 Å². The van der Waals surface area contributed by atoms with Gasteiger partial charge in [0.1, 0.15) is 11.1 Å². The molecule has 2 aromatic heterocycles. The first-order valence-corrected chi connectivity index (χ1v) is 12.1. The molecule has 1 amide bonds. The van der Waals surface area contributed by atoms with Crippen molar-refractivity contribution >= 4 is 33.1 Å². The van der Waals surface area contributed by atoms with Gasteiger partial charge >= 0.3 is 0 Å². The van der Waals surface area contributed by atoms with Crippen LogP contribution in [0, 0.1) is 31.1 Å². The number of carbonyl (C=O) groups is 1. The second-order valence-electron chi connectivity index (χ2n) is 9.01. The number of hydrogen-bond donors (Lipinski definition) is 1. The third-order valence-corrected chi connectivity index (χ3v) is 7.65. The highest BCUT2D eigenvalue weighted by molar-refractivity contribution is 7.16. The van der Waals surface area contributed by atoms with Gasteiger partial charge in [-0.1, -0.05) is 42.8 Å². The van der Waals surface area contributed by atoms with E-state index in [0.29, 0.717) is 22.0 Å². The predicted octanol–water partition coefficient (Wildman–Crippen LogP) is 6.83. The van der Waals surface area contributed by atoms with Crippen LogP contribution in [0.4, 0.5) is 5.00 Å². The van der Waals surface area contributed by atoms with Crippen LogP contribution in [-0.2, 0) is 12.8 Å². The maximum absolute atomic E-state index is 13.6. The minimum Gasteiger partial charge on any atom is -0.312 e. The lowest BCUT2D eigenvalue weighted by atomic mass is 9.88. The minimum atomic E-state index is -0.205. The molecule has 0 unspecified atom stereocenters. The standard InChI is InChI=1S/C28H25N3OS/c1-16-8-10-18(3)21(12-16)25-14-22(19-6-4-5-7-24(19)30-25)27(32)31-28-23(15-29)20-11-9-17(2)13-26(20)33-28/h4-8,10,12,14,17H,9,11,13H2,1-3H3,(H,31,32)/t17-/m1/s1. The van der Waals surface area contributed by atoms with Gasteiger partial charge in [0.25, 0.3) is 5.91 Å². The molecule has 4 nitrogen and oxygen atoms in total. The van der Waals surface area contributed by atoms with Crippen LogP contribution in [0.15, 0.2) is 48.5 Å². The number of benzene rings is 2. The fourth-order valence-corrected chi connectivity index (χ4v) is 6.00. The monoisotopic (exact) mass is 451 g/mol. The molecule has 1 aliphatic carbocycles. The van der Waals surface area contributed by atoms with Crippen molar-refractivity contribution in [2.75, 3.05) is 5.32 Å². The number of fused-ring (bicyclic) bond motifs is 2. The number of hydrogen-bond acceptors (Lipinski definition) is 4. The molecule has 0 aliphatic heterocycles. The van der Waals surface area contributed by atoms with E-state index in [2.05, 4.69) is 50.4 Å². The zero-order chi connectivity index (χ0) is 23.1. The number of carbonyl (C=O) groups excluding carboxylic acids is 1. The zero-order valence-electron chi connectivity index (χ0n) is 19.0. The van der Waals surface area contributed by atoms with Gasteiger partial charge in [-0.3, -0.25) is 4.79 Å². The van der Waals surface area contributed by atoms with Crippen molar-refractivity contribution in [3.05, 3.63) is 81.2 Å². The van der Waals surface area contributed by atoms with Crippen molar-refractivity contribution < 1.29 is 4.79 Å². The number of nitrogens with zero attached hydrogens (tertiary/aromatic N) is 2. The van der Waals surface area contributed by atoms with Gasteiger partial charge in [0.15, 0.2) is 0 Å². The Bertz CT molecular complexity index is 1440. The molecule has 4 aromatic rings. The van der Waals surface area contributed by atoms with Crippen molar-refractivity contribution in [3.8, 4) is 17.3 Å². The molecular formula is C28H25N3OS. The van der Waals surface area contributed by atoms with Crippen LogP contribution in [-0.4, -0.2) is 10.9 Å². The first kappa shape index (κ1) is 21.4. The lowest BCUT2D eigenvalue weighted by Gasteiger charge is -2.17. The Morgan fingerprint density at radius 1 is 1.18 bits per heavy atom. The number of amides is 1. The van der Waals surface area contributed by atoms with E-state index in [4.69, 9.17) is 4.98 Å². The summed E-state index contributed by atoms with van der Waals surface area (Å²) in [4.78, 5) is 19.7. The molecule has 0 fully saturated rings. The van der Waals surface area contributed by atoms with Crippen molar-refractivity contribution in [2.45, 2.75) is 40.0 Å². The second kappa shape index (κ2) is 8.46. The van der Waals surface area contributed by atoms with Gasteiger partial charge < -0.3 is 5.32 Å². The van der Waals surface area contributed by atoms with Crippen molar-refractivity contribution in [2.24, 2.45) is 5.92 Å². The van der Waals surface area contributed by atoms with Crippen LogP contribution in [0.2, 0.25) is 0 Å². The summed E-state index contributed by atoms with van der Waals surface area (Å²) >= 11 is 1.55. The molecule has 0 spiro atoms. The number of thiophene rings is 1. The summed E-state index contributed by atoms with van der Waals surface area (Å²) in [5.74, 6) is 0.402. The molecule has 5 rings (SSSR count). The highest BCUT2D eigenvalue weighted by atomic mass is 32.1. The van der Waals surface area contributed by atoms with Crippen LogP contribution in [0.5, 0.6) is 0 Å². The number of nitrogens with one attached hydrogen (secondary N) is 1. The molecule has 0 bridgehead atoms. The Hall–Kier alpha value is -3.49. The molecule has 1 atom stereocenters. The van der Waals surface area contributed by atoms with E-state index in [0.717, 1.165) is 58.1 Å². The molecule has 0 radical (unpaired) electrons. The minimum absolute atomic E-state index is 0.205. The fourth-order valence-electron chi connectivity index (χ4n) is 4.64. The average molecular weight is 452 g/mol. The number of rotatable bonds is 3. The van der Waals surface area contributed by atoms with E-state index in [1.54, 1.807) is 11.3 Å². The maximum Gasteiger partial charge on any atom is 0.257 e. The molecule has 2 heterocycles. The number of para-hydroxylation sites is 1. The predicted molar refractivity (Wildman–Crippen MR) is 135 cm³/mol. The topological polar surface area (TPSA) is 65.8 Å². The summed E-state index contributed by atoms with van der Waals surface area (Å²) < 4.78 is 0. The van der Waals surface area contributed by atoms with Gasteiger partial charge in [-0.2, -0.15) is 5.26 Å². The highest BCUT2D eigenvalue weighted by Crippen LogP contribution is 2.39. The molecule has 164 valence electrons. The molecule has 0 saturated carbocycles. The third kappa shape index (κ3) is 3.92. The Kier molecular flexibility index (Phi) is 5.47. The summed E-state index contributed by atoms with van der Waals surface area (Å²) in [6.45, 7) is 6.35. The number of anilines is 1. The van der Waals surface area contributed by atoms with Crippen LogP contribution >= 0.6 is 11.3 Å². The largest absolute Gasteiger partial charge is 0.312 e. The summed E-state index contributed by atoms with van der Waals surface area (Å²) in [7, 11) is 0. The highest BCUT2D eigenvalue weighted by Gasteiger charge is 2.25. The fraction of sp³-hybridized carbons (Fsp3) is 0.250. The van der Waals surface area contributed by atoms with Gasteiger partial charge in [-0.25, -0.2) is 4.98 Å². The zero-order valence-corrected chi connectivity index (χ0v) is 19.8. The van der Waals surface area contributed by atoms with E-state index in [1.807, 2.05) is 30.3 Å². The third-order valence-electron chi connectivity index (χ3n) is 6.48. The van der Waals surface area contributed by atoms with Crippen LogP contribution in [0.3, 0.4) is 0 Å². The molecule has 33 heavy (non-hydrogen) atoms. The van der Waals surface area contributed by atoms with Gasteiger partial charge in [0, 0.05) is 15.8 Å². The van der Waals surface area contributed by atoms with Crippen molar-refractivity contribution in [1.82, 2.24) is 4.98 Å². The first-order valence-electron chi connectivity index (χ1n) is 11.3. The number of pyridine rings is 1.